The quantitative estimate of drug-likeness (QED) is 0.150. The van der Waals surface area contributed by atoms with Crippen molar-refractivity contribution in [3.05, 3.63) is 94.8 Å². The van der Waals surface area contributed by atoms with Crippen LogP contribution < -0.4 is 15.0 Å². The minimum Gasteiger partial charge on any atom is -0.493 e. The van der Waals surface area contributed by atoms with Gasteiger partial charge in [0, 0.05) is 58.6 Å². The predicted octanol–water partition coefficient (Wildman–Crippen LogP) is 5.41. The van der Waals surface area contributed by atoms with Gasteiger partial charge in [-0.3, -0.25) is 18.8 Å². The first-order chi connectivity index (χ1) is 22.4. The van der Waals surface area contributed by atoms with E-state index in [9.17, 15) is 26.8 Å². The van der Waals surface area contributed by atoms with Gasteiger partial charge in [-0.2, -0.15) is 13.5 Å². The maximum absolute atomic E-state index is 14.9. The average molecular weight is 685 g/mol. The lowest BCUT2D eigenvalue weighted by Gasteiger charge is -2.30. The molecule has 2 heterocycles. The average Bonchev–Trinajstić information content (AvgIpc) is 3.50. The van der Waals surface area contributed by atoms with Crippen LogP contribution in [-0.4, -0.2) is 65.8 Å². The molecule has 0 fully saturated rings. The third-order valence-corrected chi connectivity index (χ3v) is 9.63. The highest BCUT2D eigenvalue weighted by molar-refractivity contribution is 7.99. The molecule has 248 valence electrons. The number of carbonyl (C=O) groups excluding carboxylic acids is 2. The topological polar surface area (TPSA) is 131 Å². The Labute approximate surface area is 275 Å². The zero-order valence-electron chi connectivity index (χ0n) is 25.8. The number of halogens is 2. The molecule has 0 spiro atoms. The van der Waals surface area contributed by atoms with Crippen LogP contribution in [0.25, 0.3) is 11.1 Å². The van der Waals surface area contributed by atoms with Gasteiger partial charge in [0.25, 0.3) is 16.0 Å². The van der Waals surface area contributed by atoms with E-state index < -0.39 is 40.0 Å². The van der Waals surface area contributed by atoms with Crippen LogP contribution in [-0.2, 0) is 21.5 Å². The summed E-state index contributed by atoms with van der Waals surface area (Å²) in [5, 5.41) is 6.50. The fourth-order valence-electron chi connectivity index (χ4n) is 5.19. The predicted molar refractivity (Wildman–Crippen MR) is 176 cm³/mol. The van der Waals surface area contributed by atoms with Crippen LogP contribution in [0.2, 0.25) is 0 Å². The number of aromatic nitrogens is 2. The van der Waals surface area contributed by atoms with Crippen LogP contribution >= 0.6 is 11.8 Å². The summed E-state index contributed by atoms with van der Waals surface area (Å²) in [6.45, 7) is 4.37. The molecule has 47 heavy (non-hydrogen) atoms. The number of ether oxygens (including phenoxy) is 1. The molecule has 10 nitrogen and oxygen atoms in total. The van der Waals surface area contributed by atoms with E-state index in [1.165, 1.54) is 4.68 Å². The number of anilines is 1. The van der Waals surface area contributed by atoms with Crippen LogP contribution in [0.15, 0.2) is 65.8 Å². The fourth-order valence-corrected chi connectivity index (χ4v) is 6.69. The molecule has 1 aliphatic rings. The van der Waals surface area contributed by atoms with Crippen molar-refractivity contribution < 1.29 is 36.1 Å². The van der Waals surface area contributed by atoms with E-state index in [0.29, 0.717) is 37.3 Å². The van der Waals surface area contributed by atoms with E-state index in [1.54, 1.807) is 29.1 Å². The summed E-state index contributed by atoms with van der Waals surface area (Å²) >= 11 is 1.63. The molecule has 1 aliphatic heterocycles. The fraction of sp³-hybridized carbons (Fsp3) is 0.303. The van der Waals surface area contributed by atoms with Crippen LogP contribution in [0, 0.1) is 25.5 Å². The molecule has 0 saturated carbocycles. The van der Waals surface area contributed by atoms with E-state index in [-0.39, 0.29) is 23.6 Å². The van der Waals surface area contributed by atoms with Gasteiger partial charge in [0.15, 0.2) is 0 Å². The summed E-state index contributed by atoms with van der Waals surface area (Å²) in [5.41, 5.74) is 3.95. The summed E-state index contributed by atoms with van der Waals surface area (Å²) in [5.74, 6) is -2.02. The molecule has 0 aliphatic carbocycles. The molecule has 0 unspecified atom stereocenters. The van der Waals surface area contributed by atoms with Crippen molar-refractivity contribution in [3.63, 3.8) is 0 Å². The Hall–Kier alpha value is -4.27. The van der Waals surface area contributed by atoms with Gasteiger partial charge in [-0.1, -0.05) is 24.3 Å². The second kappa shape index (κ2) is 14.7. The van der Waals surface area contributed by atoms with Gasteiger partial charge >= 0.3 is 0 Å². The van der Waals surface area contributed by atoms with Gasteiger partial charge in [0.2, 0.25) is 5.91 Å². The molecule has 3 aromatic carbocycles. The van der Waals surface area contributed by atoms with Gasteiger partial charge in [0.1, 0.15) is 17.4 Å². The number of aryl methyl sites for hydroxylation is 1. The lowest BCUT2D eigenvalue weighted by atomic mass is 10.1. The van der Waals surface area contributed by atoms with Crippen LogP contribution in [0.3, 0.4) is 0 Å². The highest BCUT2D eigenvalue weighted by atomic mass is 32.2. The van der Waals surface area contributed by atoms with Crippen molar-refractivity contribution in [2.24, 2.45) is 0 Å². The first-order valence-electron chi connectivity index (χ1n) is 14.9. The molecule has 0 saturated heterocycles. The van der Waals surface area contributed by atoms with E-state index in [2.05, 4.69) is 10.4 Å². The van der Waals surface area contributed by atoms with Gasteiger partial charge in [-0.25, -0.2) is 8.78 Å². The van der Waals surface area contributed by atoms with E-state index in [1.807, 2.05) is 50.2 Å². The molecule has 4 aromatic rings. The summed E-state index contributed by atoms with van der Waals surface area (Å²) in [6.07, 6.45) is 4.16. The number of amides is 2. The number of carbonyl (C=O) groups is 2. The Morgan fingerprint density at radius 1 is 1.11 bits per heavy atom. The summed E-state index contributed by atoms with van der Waals surface area (Å²) in [7, 11) is -4.30. The Bertz CT molecular complexity index is 1890. The Morgan fingerprint density at radius 2 is 1.85 bits per heavy atom. The summed E-state index contributed by atoms with van der Waals surface area (Å²) in [4.78, 5) is 28.2. The molecule has 0 bridgehead atoms. The number of hydrogen-bond acceptors (Lipinski definition) is 7. The van der Waals surface area contributed by atoms with Crippen molar-refractivity contribution in [3.8, 4) is 16.9 Å². The molecule has 0 radical (unpaired) electrons. The van der Waals surface area contributed by atoms with E-state index in [4.69, 9.17) is 9.29 Å². The second-order valence-electron chi connectivity index (χ2n) is 11.1. The molecular formula is C33H34F2N4O6S2. The molecule has 1 aromatic heterocycles. The van der Waals surface area contributed by atoms with Crippen LogP contribution in [0.5, 0.6) is 5.75 Å². The number of nitrogens with zero attached hydrogens (tertiary/aromatic N) is 3. The Balaban J connectivity index is 1.24. The van der Waals surface area contributed by atoms with Crippen LogP contribution in [0.4, 0.5) is 14.5 Å². The SMILES string of the molecule is Cc1cccc(OCCCC(=O)N2CCSc3c(-c4cnn(Cc5c(F)cc(C(=O)NCCS(=O)(=O)O)cc5F)c4)cccc32)c1C. The third kappa shape index (κ3) is 8.37. The number of thioether (sulfide) groups is 1. The zero-order valence-corrected chi connectivity index (χ0v) is 27.5. The maximum atomic E-state index is 14.9. The molecular weight excluding hydrogens is 651 g/mol. The van der Waals surface area contributed by atoms with Crippen molar-refractivity contribution in [2.45, 2.75) is 38.1 Å². The first kappa shape index (κ1) is 34.1. The smallest absolute Gasteiger partial charge is 0.266 e. The molecule has 0 atom stereocenters. The molecule has 14 heteroatoms. The summed E-state index contributed by atoms with van der Waals surface area (Å²) in [6, 6.07) is 13.3. The van der Waals surface area contributed by atoms with Crippen molar-refractivity contribution >= 4 is 39.4 Å². The highest BCUT2D eigenvalue weighted by Crippen LogP contribution is 2.42. The highest BCUT2D eigenvalue weighted by Gasteiger charge is 2.26. The third-order valence-electron chi connectivity index (χ3n) is 7.81. The molecule has 5 rings (SSSR count). The minimum absolute atomic E-state index is 0.00506. The number of rotatable bonds is 12. The Morgan fingerprint density at radius 3 is 2.60 bits per heavy atom. The number of nitrogens with one attached hydrogen (secondary N) is 1. The maximum Gasteiger partial charge on any atom is 0.266 e. The Kier molecular flexibility index (Phi) is 10.6. The minimum atomic E-state index is -4.30. The van der Waals surface area contributed by atoms with Crippen molar-refractivity contribution in [1.82, 2.24) is 15.1 Å². The standard InChI is InChI=1S/C33H34F2N4O6S2/c1-21-6-3-9-30(22(21)2)45-13-5-10-31(40)39-12-14-46-32-25(7-4-8-29(32)39)24-18-37-38(19-24)20-26-27(34)16-23(17-28(26)35)33(41)36-11-15-47(42,43)44/h3-4,6-9,16-19H,5,10-15,20H2,1-2H3,(H,36,41)(H,42,43,44). The first-order valence-corrected chi connectivity index (χ1v) is 17.5. The number of fused-ring (bicyclic) bond motifs is 1. The van der Waals surface area contributed by atoms with E-state index >= 15 is 0 Å². The van der Waals surface area contributed by atoms with Gasteiger partial charge < -0.3 is 15.0 Å². The lowest BCUT2D eigenvalue weighted by Crippen LogP contribution is -2.35. The van der Waals surface area contributed by atoms with Gasteiger partial charge in [-0.15, -0.1) is 11.8 Å². The van der Waals surface area contributed by atoms with E-state index in [0.717, 1.165) is 45.2 Å². The van der Waals surface area contributed by atoms with Gasteiger partial charge in [0.05, 0.1) is 30.8 Å². The number of hydrogen-bond donors (Lipinski definition) is 2. The van der Waals surface area contributed by atoms with Gasteiger partial charge in [-0.05, 0) is 55.7 Å². The zero-order chi connectivity index (χ0) is 33.7. The van der Waals surface area contributed by atoms with Crippen molar-refractivity contribution in [1.29, 1.82) is 0 Å². The second-order valence-corrected chi connectivity index (χ2v) is 13.8. The number of benzene rings is 3. The monoisotopic (exact) mass is 684 g/mol. The van der Waals surface area contributed by atoms with Crippen molar-refractivity contribution in [2.75, 3.05) is 36.1 Å². The summed E-state index contributed by atoms with van der Waals surface area (Å²) < 4.78 is 67.6. The molecule has 2 N–H and O–H groups in total. The largest absolute Gasteiger partial charge is 0.493 e. The molecule has 2 amide bonds. The lowest BCUT2D eigenvalue weighted by molar-refractivity contribution is -0.118. The van der Waals surface area contributed by atoms with Crippen LogP contribution in [0.1, 0.15) is 39.9 Å². The normalized spacial score (nSPS) is 12.9.